The lowest BCUT2D eigenvalue weighted by Crippen LogP contribution is -2.36. The van der Waals surface area contributed by atoms with Crippen LogP contribution in [-0.2, 0) is 0 Å². The highest BCUT2D eigenvalue weighted by Crippen LogP contribution is 2.30. The molecule has 0 fully saturated rings. The molecule has 2 nitrogen and oxygen atoms in total. The Kier molecular flexibility index (Phi) is 5.04. The molecular formula is C29H21NO. The molecule has 0 spiro atoms. The van der Waals surface area contributed by atoms with E-state index in [2.05, 4.69) is 89.5 Å². The fraction of sp³-hybridized carbons (Fsp3) is 0. The van der Waals surface area contributed by atoms with Crippen LogP contribution < -0.4 is 9.67 Å². The van der Waals surface area contributed by atoms with Crippen molar-refractivity contribution in [1.29, 1.82) is 0 Å². The maximum atomic E-state index is 11.8. The van der Waals surface area contributed by atoms with Gasteiger partial charge in [-0.25, -0.2) is 0 Å². The predicted molar refractivity (Wildman–Crippen MR) is 124 cm³/mol. The van der Waals surface area contributed by atoms with Crippen LogP contribution >= 0.6 is 0 Å². The van der Waals surface area contributed by atoms with Crippen molar-refractivity contribution in [1.82, 2.24) is 0 Å². The maximum Gasteiger partial charge on any atom is 0.219 e. The molecule has 1 heterocycles. The topological polar surface area (TPSA) is 26.9 Å². The number of pyridine rings is 1. The van der Waals surface area contributed by atoms with Crippen molar-refractivity contribution in [3.63, 3.8) is 0 Å². The highest BCUT2D eigenvalue weighted by molar-refractivity contribution is 5.74. The van der Waals surface area contributed by atoms with Crippen LogP contribution in [0.15, 0.2) is 127 Å². The summed E-state index contributed by atoms with van der Waals surface area (Å²) in [6.07, 6.45) is 0. The van der Waals surface area contributed by atoms with Crippen molar-refractivity contribution < 1.29 is 9.67 Å². The van der Waals surface area contributed by atoms with Crippen LogP contribution in [0.25, 0.3) is 39.3 Å². The fourth-order valence-electron chi connectivity index (χ4n) is 3.91. The maximum absolute atomic E-state index is 11.8. The zero-order valence-corrected chi connectivity index (χ0v) is 17.0. The lowest BCUT2D eigenvalue weighted by Gasteiger charge is -2.13. The number of nitrogens with zero attached hydrogens (tertiary/aromatic N) is 1. The van der Waals surface area contributed by atoms with Crippen LogP contribution in [0.3, 0.4) is 0 Å². The van der Waals surface area contributed by atoms with Gasteiger partial charge in [-0.1, -0.05) is 78.9 Å². The molecule has 31 heavy (non-hydrogen) atoms. The standard InChI is InChI=1S/C29H21NO/c31-27-18-16-26(17-19-27)30-28(23-12-6-2-7-13-23)20-25(22-10-4-1-5-11-22)21-29(30)24-14-8-3-9-15-24/h1-21H. The van der Waals surface area contributed by atoms with Crippen molar-refractivity contribution >= 4 is 0 Å². The first-order valence-corrected chi connectivity index (χ1v) is 10.3. The van der Waals surface area contributed by atoms with E-state index in [1.54, 1.807) is 12.1 Å². The second kappa shape index (κ2) is 8.29. The summed E-state index contributed by atoms with van der Waals surface area (Å²) in [6, 6.07) is 42.7. The number of hydrogen-bond donors (Lipinski definition) is 0. The molecular weight excluding hydrogens is 378 g/mol. The van der Waals surface area contributed by atoms with E-state index in [1.165, 1.54) is 5.56 Å². The van der Waals surface area contributed by atoms with Gasteiger partial charge < -0.3 is 5.11 Å². The van der Waals surface area contributed by atoms with Crippen LogP contribution in [0, 0.1) is 0 Å². The normalized spacial score (nSPS) is 10.7. The van der Waals surface area contributed by atoms with Crippen LogP contribution in [0.2, 0.25) is 0 Å². The third kappa shape index (κ3) is 3.84. The van der Waals surface area contributed by atoms with Gasteiger partial charge in [0.15, 0.2) is 0 Å². The summed E-state index contributed by atoms with van der Waals surface area (Å²) >= 11 is 0. The van der Waals surface area contributed by atoms with Crippen LogP contribution in [0.1, 0.15) is 0 Å². The van der Waals surface area contributed by atoms with E-state index in [9.17, 15) is 5.11 Å². The second-order valence-corrected chi connectivity index (χ2v) is 7.44. The van der Waals surface area contributed by atoms with Crippen LogP contribution in [-0.4, -0.2) is 0 Å². The highest BCUT2D eigenvalue weighted by Gasteiger charge is 2.24. The number of benzene rings is 4. The number of hydrogen-bond acceptors (Lipinski definition) is 1. The zero-order chi connectivity index (χ0) is 21.0. The van der Waals surface area contributed by atoms with Gasteiger partial charge in [-0.15, -0.1) is 5.75 Å². The average Bonchev–Trinajstić information content (AvgIpc) is 2.85. The Hall–Kier alpha value is -4.17. The second-order valence-electron chi connectivity index (χ2n) is 7.44. The van der Waals surface area contributed by atoms with Gasteiger partial charge in [0, 0.05) is 35.4 Å². The van der Waals surface area contributed by atoms with Gasteiger partial charge in [-0.2, -0.15) is 4.57 Å². The molecule has 0 aliphatic rings. The molecule has 2 heteroatoms. The molecule has 0 amide bonds. The quantitative estimate of drug-likeness (QED) is 0.339. The van der Waals surface area contributed by atoms with E-state index in [0.29, 0.717) is 0 Å². The van der Waals surface area contributed by atoms with Crippen molar-refractivity contribution in [3.8, 4) is 45.1 Å². The first-order valence-electron chi connectivity index (χ1n) is 10.3. The number of aromatic nitrogens is 1. The predicted octanol–water partition coefficient (Wildman–Crippen LogP) is 6.04. The molecule has 0 N–H and O–H groups in total. The van der Waals surface area contributed by atoms with Gasteiger partial charge >= 0.3 is 0 Å². The minimum atomic E-state index is 0.00720. The molecule has 0 bridgehead atoms. The summed E-state index contributed by atoms with van der Waals surface area (Å²) in [5, 5.41) is 11.8. The Morgan fingerprint density at radius 1 is 0.419 bits per heavy atom. The molecule has 4 aromatic carbocycles. The zero-order valence-electron chi connectivity index (χ0n) is 17.0. The average molecular weight is 399 g/mol. The molecule has 0 saturated heterocycles. The molecule has 5 aromatic rings. The van der Waals surface area contributed by atoms with Crippen LogP contribution in [0.4, 0.5) is 0 Å². The van der Waals surface area contributed by atoms with Gasteiger partial charge in [0.05, 0.1) is 0 Å². The lowest BCUT2D eigenvalue weighted by molar-refractivity contribution is -0.572. The lowest BCUT2D eigenvalue weighted by atomic mass is 9.98. The molecule has 0 saturated carbocycles. The molecule has 0 atom stereocenters. The Balaban J connectivity index is 1.87. The Labute approximate surface area is 182 Å². The Morgan fingerprint density at radius 3 is 1.29 bits per heavy atom. The smallest absolute Gasteiger partial charge is 0.219 e. The van der Waals surface area contributed by atoms with Crippen LogP contribution in [0.5, 0.6) is 5.75 Å². The van der Waals surface area contributed by atoms with Gasteiger partial charge in [0.25, 0.3) is 0 Å². The minimum absolute atomic E-state index is 0.00720. The molecule has 0 aliphatic heterocycles. The summed E-state index contributed by atoms with van der Waals surface area (Å²) in [7, 11) is 0. The SMILES string of the molecule is [O-]c1ccc(-[n+]2c(-c3ccccc3)cc(-c3ccccc3)cc2-c2ccccc2)cc1. The van der Waals surface area contributed by atoms with Crippen molar-refractivity contribution in [3.05, 3.63) is 127 Å². The summed E-state index contributed by atoms with van der Waals surface area (Å²) in [6.45, 7) is 0. The van der Waals surface area contributed by atoms with E-state index < -0.39 is 0 Å². The fourth-order valence-corrected chi connectivity index (χ4v) is 3.91. The third-order valence-corrected chi connectivity index (χ3v) is 5.41. The van der Waals surface area contributed by atoms with Gasteiger partial charge in [-0.3, -0.25) is 0 Å². The molecule has 148 valence electrons. The van der Waals surface area contributed by atoms with Gasteiger partial charge in [-0.05, 0) is 35.4 Å². The molecule has 0 unspecified atom stereocenters. The van der Waals surface area contributed by atoms with E-state index >= 15 is 0 Å². The third-order valence-electron chi connectivity index (χ3n) is 5.41. The molecule has 0 radical (unpaired) electrons. The van der Waals surface area contributed by atoms with E-state index in [4.69, 9.17) is 0 Å². The summed E-state index contributed by atoms with van der Waals surface area (Å²) in [5.41, 5.74) is 7.64. The molecule has 0 aliphatic carbocycles. The summed E-state index contributed by atoms with van der Waals surface area (Å²) in [5.74, 6) is 0.00720. The molecule has 1 aromatic heterocycles. The van der Waals surface area contributed by atoms with E-state index in [1.807, 2.05) is 30.3 Å². The van der Waals surface area contributed by atoms with Gasteiger partial charge in [0.2, 0.25) is 17.1 Å². The van der Waals surface area contributed by atoms with E-state index in [0.717, 1.165) is 33.8 Å². The first kappa shape index (κ1) is 18.8. The van der Waals surface area contributed by atoms with E-state index in [-0.39, 0.29) is 5.75 Å². The Bertz CT molecular complexity index is 1240. The van der Waals surface area contributed by atoms with Crippen molar-refractivity contribution in [2.75, 3.05) is 0 Å². The van der Waals surface area contributed by atoms with Gasteiger partial charge in [0.1, 0.15) is 0 Å². The van der Waals surface area contributed by atoms with Crippen molar-refractivity contribution in [2.45, 2.75) is 0 Å². The number of rotatable bonds is 4. The largest absolute Gasteiger partial charge is 0.872 e. The molecule has 5 rings (SSSR count). The summed E-state index contributed by atoms with van der Waals surface area (Å²) in [4.78, 5) is 0. The Morgan fingerprint density at radius 2 is 0.839 bits per heavy atom. The first-order chi connectivity index (χ1) is 15.3. The minimum Gasteiger partial charge on any atom is -0.872 e. The summed E-state index contributed by atoms with van der Waals surface area (Å²) < 4.78 is 2.23. The van der Waals surface area contributed by atoms with Crippen molar-refractivity contribution in [2.24, 2.45) is 0 Å². The highest BCUT2D eigenvalue weighted by atomic mass is 16.3. The monoisotopic (exact) mass is 399 g/mol.